The fourth-order valence-corrected chi connectivity index (χ4v) is 1.94. The van der Waals surface area contributed by atoms with Crippen molar-refractivity contribution in [1.82, 2.24) is 4.98 Å². The van der Waals surface area contributed by atoms with Crippen LogP contribution in [-0.2, 0) is 6.42 Å². The van der Waals surface area contributed by atoms with E-state index in [1.54, 1.807) is 0 Å². The molecule has 2 aromatic rings. The standard InChI is InChI=1S/C13H18N2/c1-9-6-12-11(4-3-5-14)8-15-13(12)7-10(9)2/h6-8,15H,3-5,14H2,1-2H3. The molecular weight excluding hydrogens is 184 g/mol. The van der Waals surface area contributed by atoms with Crippen molar-refractivity contribution in [2.24, 2.45) is 5.73 Å². The number of hydrogen-bond donors (Lipinski definition) is 2. The SMILES string of the molecule is Cc1cc2[nH]cc(CCCN)c2cc1C. The maximum absolute atomic E-state index is 5.53. The van der Waals surface area contributed by atoms with E-state index in [9.17, 15) is 0 Å². The summed E-state index contributed by atoms with van der Waals surface area (Å²) in [7, 11) is 0. The van der Waals surface area contributed by atoms with Gasteiger partial charge in [0.1, 0.15) is 0 Å². The highest BCUT2D eigenvalue weighted by Gasteiger charge is 2.04. The number of benzene rings is 1. The Labute approximate surface area is 90.5 Å². The maximum Gasteiger partial charge on any atom is 0.0459 e. The van der Waals surface area contributed by atoms with Crippen molar-refractivity contribution in [2.75, 3.05) is 6.54 Å². The zero-order valence-electron chi connectivity index (χ0n) is 9.43. The molecule has 0 fully saturated rings. The fourth-order valence-electron chi connectivity index (χ4n) is 1.94. The highest BCUT2D eigenvalue weighted by molar-refractivity contribution is 5.84. The first-order valence-corrected chi connectivity index (χ1v) is 5.49. The van der Waals surface area contributed by atoms with Gasteiger partial charge >= 0.3 is 0 Å². The van der Waals surface area contributed by atoms with Crippen LogP contribution in [0.1, 0.15) is 23.1 Å². The predicted molar refractivity (Wildman–Crippen MR) is 65.1 cm³/mol. The summed E-state index contributed by atoms with van der Waals surface area (Å²) >= 11 is 0. The van der Waals surface area contributed by atoms with E-state index in [4.69, 9.17) is 5.73 Å². The largest absolute Gasteiger partial charge is 0.361 e. The lowest BCUT2D eigenvalue weighted by Crippen LogP contribution is -1.99. The van der Waals surface area contributed by atoms with Crippen molar-refractivity contribution in [3.8, 4) is 0 Å². The van der Waals surface area contributed by atoms with Gasteiger partial charge in [0.15, 0.2) is 0 Å². The topological polar surface area (TPSA) is 41.8 Å². The van der Waals surface area contributed by atoms with Crippen LogP contribution in [0.4, 0.5) is 0 Å². The van der Waals surface area contributed by atoms with Crippen LogP contribution in [0.25, 0.3) is 10.9 Å². The number of H-pyrrole nitrogens is 1. The Hall–Kier alpha value is -1.28. The van der Waals surface area contributed by atoms with Crippen LogP contribution in [0, 0.1) is 13.8 Å². The van der Waals surface area contributed by atoms with Crippen LogP contribution in [-0.4, -0.2) is 11.5 Å². The molecule has 80 valence electrons. The Morgan fingerprint density at radius 1 is 1.20 bits per heavy atom. The zero-order valence-corrected chi connectivity index (χ0v) is 9.43. The van der Waals surface area contributed by atoms with E-state index in [1.807, 2.05) is 0 Å². The zero-order chi connectivity index (χ0) is 10.8. The van der Waals surface area contributed by atoms with E-state index >= 15 is 0 Å². The van der Waals surface area contributed by atoms with Crippen LogP contribution in [0.2, 0.25) is 0 Å². The van der Waals surface area contributed by atoms with Gasteiger partial charge in [0.25, 0.3) is 0 Å². The number of rotatable bonds is 3. The molecule has 0 atom stereocenters. The number of aromatic nitrogens is 1. The van der Waals surface area contributed by atoms with E-state index in [-0.39, 0.29) is 0 Å². The highest BCUT2D eigenvalue weighted by atomic mass is 14.7. The van der Waals surface area contributed by atoms with E-state index in [0.29, 0.717) is 0 Å². The molecule has 0 amide bonds. The first-order chi connectivity index (χ1) is 7.22. The molecule has 2 rings (SSSR count). The van der Waals surface area contributed by atoms with Crippen LogP contribution in [0.3, 0.4) is 0 Å². The third-order valence-corrected chi connectivity index (χ3v) is 3.03. The van der Waals surface area contributed by atoms with Crippen molar-refractivity contribution in [1.29, 1.82) is 0 Å². The molecule has 1 heterocycles. The second-order valence-electron chi connectivity index (χ2n) is 4.19. The van der Waals surface area contributed by atoms with Gasteiger partial charge in [-0.25, -0.2) is 0 Å². The first-order valence-electron chi connectivity index (χ1n) is 5.49. The minimum absolute atomic E-state index is 0.761. The number of aromatic amines is 1. The molecular formula is C13H18N2. The van der Waals surface area contributed by atoms with Gasteiger partial charge in [0.2, 0.25) is 0 Å². The minimum Gasteiger partial charge on any atom is -0.361 e. The predicted octanol–water partition coefficient (Wildman–Crippen LogP) is 2.68. The quantitative estimate of drug-likeness (QED) is 0.789. The first kappa shape index (κ1) is 10.2. The Morgan fingerprint density at radius 3 is 2.67 bits per heavy atom. The summed E-state index contributed by atoms with van der Waals surface area (Å²) in [5.74, 6) is 0. The summed E-state index contributed by atoms with van der Waals surface area (Å²) in [6, 6.07) is 4.49. The average Bonchev–Trinajstić information content (AvgIpc) is 2.59. The van der Waals surface area contributed by atoms with Crippen LogP contribution in [0.15, 0.2) is 18.3 Å². The van der Waals surface area contributed by atoms with Crippen LogP contribution < -0.4 is 5.73 Å². The van der Waals surface area contributed by atoms with E-state index < -0.39 is 0 Å². The Bertz CT molecular complexity index is 469. The fraction of sp³-hybridized carbons (Fsp3) is 0.385. The average molecular weight is 202 g/mol. The molecule has 0 aliphatic rings. The summed E-state index contributed by atoms with van der Waals surface area (Å²) in [6.07, 6.45) is 4.23. The van der Waals surface area contributed by atoms with Crippen LogP contribution in [0.5, 0.6) is 0 Å². The second-order valence-corrected chi connectivity index (χ2v) is 4.19. The lowest BCUT2D eigenvalue weighted by molar-refractivity contribution is 0.837. The lowest BCUT2D eigenvalue weighted by Gasteiger charge is -2.02. The van der Waals surface area contributed by atoms with Gasteiger partial charge in [-0.05, 0) is 62.1 Å². The number of aryl methyl sites for hydroxylation is 3. The van der Waals surface area contributed by atoms with Gasteiger partial charge in [-0.2, -0.15) is 0 Å². The Balaban J connectivity index is 2.45. The molecule has 3 N–H and O–H groups in total. The Morgan fingerprint density at radius 2 is 1.93 bits per heavy atom. The van der Waals surface area contributed by atoms with Gasteiger partial charge in [0.05, 0.1) is 0 Å². The summed E-state index contributed by atoms with van der Waals surface area (Å²) in [5.41, 5.74) is 10.9. The summed E-state index contributed by atoms with van der Waals surface area (Å²) in [4.78, 5) is 3.32. The minimum atomic E-state index is 0.761. The normalized spacial score (nSPS) is 11.1. The second kappa shape index (κ2) is 4.07. The van der Waals surface area contributed by atoms with Crippen molar-refractivity contribution in [3.05, 3.63) is 35.0 Å². The van der Waals surface area contributed by atoms with Crippen LogP contribution >= 0.6 is 0 Å². The molecule has 2 heteroatoms. The smallest absolute Gasteiger partial charge is 0.0459 e. The third kappa shape index (κ3) is 1.90. The van der Waals surface area contributed by atoms with Crippen molar-refractivity contribution in [3.63, 3.8) is 0 Å². The molecule has 2 nitrogen and oxygen atoms in total. The van der Waals surface area contributed by atoms with Gasteiger partial charge in [-0.15, -0.1) is 0 Å². The number of nitrogens with two attached hydrogens (primary N) is 1. The van der Waals surface area contributed by atoms with E-state index in [2.05, 4.69) is 37.2 Å². The van der Waals surface area contributed by atoms with Gasteiger partial charge in [-0.3, -0.25) is 0 Å². The summed E-state index contributed by atoms with van der Waals surface area (Å²) < 4.78 is 0. The van der Waals surface area contributed by atoms with Crippen molar-refractivity contribution in [2.45, 2.75) is 26.7 Å². The molecule has 0 saturated carbocycles. The van der Waals surface area contributed by atoms with Gasteiger partial charge in [-0.1, -0.05) is 0 Å². The monoisotopic (exact) mass is 202 g/mol. The molecule has 0 bridgehead atoms. The summed E-state index contributed by atoms with van der Waals surface area (Å²) in [6.45, 7) is 5.07. The van der Waals surface area contributed by atoms with E-state index in [0.717, 1.165) is 19.4 Å². The van der Waals surface area contributed by atoms with Gasteiger partial charge in [0, 0.05) is 17.1 Å². The third-order valence-electron chi connectivity index (χ3n) is 3.03. The van der Waals surface area contributed by atoms with Crippen molar-refractivity contribution >= 4 is 10.9 Å². The summed E-state index contributed by atoms with van der Waals surface area (Å²) in [5, 5.41) is 1.35. The molecule has 0 radical (unpaired) electrons. The molecule has 0 saturated heterocycles. The number of hydrogen-bond acceptors (Lipinski definition) is 1. The molecule has 0 spiro atoms. The van der Waals surface area contributed by atoms with E-state index in [1.165, 1.54) is 27.6 Å². The van der Waals surface area contributed by atoms with Gasteiger partial charge < -0.3 is 10.7 Å². The molecule has 0 unspecified atom stereocenters. The maximum atomic E-state index is 5.53. The lowest BCUT2D eigenvalue weighted by atomic mass is 10.0. The molecule has 15 heavy (non-hydrogen) atoms. The number of nitrogens with one attached hydrogen (secondary N) is 1. The highest BCUT2D eigenvalue weighted by Crippen LogP contribution is 2.23. The number of fused-ring (bicyclic) bond motifs is 1. The molecule has 0 aliphatic heterocycles. The molecule has 0 aliphatic carbocycles. The van der Waals surface area contributed by atoms with Crippen molar-refractivity contribution < 1.29 is 0 Å². The molecule has 1 aromatic carbocycles. The Kier molecular flexibility index (Phi) is 2.78. The molecule has 1 aromatic heterocycles.